The molecule has 66 valence electrons. The van der Waals surface area contributed by atoms with Crippen LogP contribution in [0.15, 0.2) is 22.8 Å². The maximum absolute atomic E-state index is 5.04. The summed E-state index contributed by atoms with van der Waals surface area (Å²) < 4.78 is 5.04. The summed E-state index contributed by atoms with van der Waals surface area (Å²) in [6.07, 6.45) is 1.61. The first-order chi connectivity index (χ1) is 6.08. The van der Waals surface area contributed by atoms with E-state index in [0.29, 0.717) is 5.76 Å². The lowest BCUT2D eigenvalue weighted by Crippen LogP contribution is -2.16. The monoisotopic (exact) mass is 188 g/mol. The van der Waals surface area contributed by atoms with E-state index in [1.165, 1.54) is 0 Å². The zero-order valence-corrected chi connectivity index (χ0v) is 9.14. The molecule has 1 heterocycles. The lowest BCUT2D eigenvalue weighted by molar-refractivity contribution is 0.554. The van der Waals surface area contributed by atoms with Crippen LogP contribution in [0.3, 0.4) is 0 Å². The van der Waals surface area contributed by atoms with Crippen LogP contribution in [0.5, 0.6) is 0 Å². The van der Waals surface area contributed by atoms with Crippen molar-refractivity contribution in [1.29, 1.82) is 0 Å². The first kappa shape index (κ1) is 9.70. The van der Waals surface area contributed by atoms with E-state index in [-0.39, 0.29) is 0 Å². The lowest BCUT2D eigenvalue weighted by Gasteiger charge is -2.01. The van der Waals surface area contributed by atoms with E-state index in [9.17, 15) is 0 Å². The highest BCUT2D eigenvalue weighted by molar-refractivity contribution is 6.83. The summed E-state index contributed by atoms with van der Waals surface area (Å²) in [5.41, 5.74) is 3.16. The fraction of sp³-hybridized carbons (Fsp3) is 0.273. The van der Waals surface area contributed by atoms with E-state index in [0.717, 1.165) is 0 Å². The van der Waals surface area contributed by atoms with Crippen LogP contribution in [-0.4, -0.2) is 8.07 Å². The summed E-state index contributed by atoms with van der Waals surface area (Å²) in [5, 5.41) is 0. The lowest BCUT2D eigenvalue weighted by atomic mass is 10.4. The third-order valence-electron chi connectivity index (χ3n) is 1.21. The van der Waals surface area contributed by atoms with Crippen LogP contribution in [0.1, 0.15) is 5.76 Å². The van der Waals surface area contributed by atoms with Crippen LogP contribution in [0.2, 0.25) is 19.6 Å². The summed E-state index contributed by atoms with van der Waals surface area (Å²) in [5.74, 6) is 9.13. The Labute approximate surface area is 80.2 Å². The predicted molar refractivity (Wildman–Crippen MR) is 56.7 cm³/mol. The van der Waals surface area contributed by atoms with Gasteiger partial charge in [0, 0.05) is 0 Å². The Kier molecular flexibility index (Phi) is 3.00. The molecule has 0 bridgehead atoms. The minimum Gasteiger partial charge on any atom is -0.456 e. The molecular weight excluding hydrogens is 176 g/mol. The first-order valence-electron chi connectivity index (χ1n) is 4.15. The summed E-state index contributed by atoms with van der Waals surface area (Å²) in [6.45, 7) is 6.57. The summed E-state index contributed by atoms with van der Waals surface area (Å²) >= 11 is 0. The smallest absolute Gasteiger partial charge is 0.177 e. The standard InChI is InChI=1S/C11H12OSi/c1-13(2,3)10-5-4-7-11-8-6-9-12-11/h6,8-9H,1-3H3. The zero-order valence-electron chi connectivity index (χ0n) is 8.14. The molecule has 0 fully saturated rings. The number of furan rings is 1. The predicted octanol–water partition coefficient (Wildman–Crippen LogP) is 2.51. The van der Waals surface area contributed by atoms with Crippen LogP contribution in [0.25, 0.3) is 0 Å². The van der Waals surface area contributed by atoms with Gasteiger partial charge in [0.25, 0.3) is 0 Å². The molecule has 2 heteroatoms. The molecule has 0 atom stereocenters. The van der Waals surface area contributed by atoms with Crippen LogP contribution >= 0.6 is 0 Å². The van der Waals surface area contributed by atoms with Crippen molar-refractivity contribution < 1.29 is 4.42 Å². The van der Waals surface area contributed by atoms with Crippen molar-refractivity contribution in [2.45, 2.75) is 19.6 Å². The Morgan fingerprint density at radius 3 is 2.54 bits per heavy atom. The van der Waals surface area contributed by atoms with Gasteiger partial charge in [-0.2, -0.15) is 0 Å². The van der Waals surface area contributed by atoms with Gasteiger partial charge in [-0.15, -0.1) is 5.54 Å². The van der Waals surface area contributed by atoms with Crippen molar-refractivity contribution in [1.82, 2.24) is 0 Å². The molecule has 1 nitrogen and oxygen atoms in total. The number of hydrogen-bond donors (Lipinski definition) is 0. The molecule has 0 saturated carbocycles. The van der Waals surface area contributed by atoms with Crippen LogP contribution in [0.4, 0.5) is 0 Å². The Morgan fingerprint density at radius 1 is 1.23 bits per heavy atom. The van der Waals surface area contributed by atoms with Gasteiger partial charge in [-0.3, -0.25) is 0 Å². The molecule has 0 aliphatic carbocycles. The van der Waals surface area contributed by atoms with Gasteiger partial charge in [0.2, 0.25) is 0 Å². The summed E-state index contributed by atoms with van der Waals surface area (Å²) in [4.78, 5) is 0. The molecule has 0 aliphatic rings. The third kappa shape index (κ3) is 4.25. The zero-order chi connectivity index (χ0) is 9.73. The van der Waals surface area contributed by atoms with Crippen LogP contribution in [0, 0.1) is 23.3 Å². The Morgan fingerprint density at radius 2 is 2.00 bits per heavy atom. The van der Waals surface area contributed by atoms with E-state index >= 15 is 0 Å². The fourth-order valence-electron chi connectivity index (χ4n) is 0.661. The maximum atomic E-state index is 5.04. The number of hydrogen-bond acceptors (Lipinski definition) is 1. The van der Waals surface area contributed by atoms with Crippen molar-refractivity contribution in [3.63, 3.8) is 0 Å². The van der Waals surface area contributed by atoms with E-state index in [2.05, 4.69) is 42.9 Å². The molecule has 0 saturated heterocycles. The quantitative estimate of drug-likeness (QED) is 0.450. The average Bonchev–Trinajstić information content (AvgIpc) is 2.48. The fourth-order valence-corrected chi connectivity index (χ4v) is 1.10. The molecule has 0 spiro atoms. The molecule has 13 heavy (non-hydrogen) atoms. The highest BCUT2D eigenvalue weighted by Gasteiger charge is 2.06. The van der Waals surface area contributed by atoms with Crippen molar-refractivity contribution in [3.05, 3.63) is 24.2 Å². The SMILES string of the molecule is C[Si](C)(C)C#CC#Cc1ccco1. The molecule has 0 N–H and O–H groups in total. The second kappa shape index (κ2) is 4.03. The summed E-state index contributed by atoms with van der Waals surface area (Å²) in [6, 6.07) is 3.64. The second-order valence-corrected chi connectivity index (χ2v) is 8.48. The van der Waals surface area contributed by atoms with Gasteiger partial charge in [0.05, 0.1) is 6.26 Å². The molecule has 0 aromatic carbocycles. The van der Waals surface area contributed by atoms with Crippen LogP contribution in [-0.2, 0) is 0 Å². The van der Waals surface area contributed by atoms with E-state index < -0.39 is 8.07 Å². The van der Waals surface area contributed by atoms with Gasteiger partial charge in [0.1, 0.15) is 8.07 Å². The Balaban J connectivity index is 2.64. The molecule has 1 aromatic heterocycles. The molecule has 1 aromatic rings. The van der Waals surface area contributed by atoms with Gasteiger partial charge in [-0.25, -0.2) is 0 Å². The first-order valence-corrected chi connectivity index (χ1v) is 7.65. The van der Waals surface area contributed by atoms with Gasteiger partial charge in [-0.1, -0.05) is 19.6 Å². The molecular formula is C11H12OSi. The highest BCUT2D eigenvalue weighted by Crippen LogP contribution is 1.97. The molecule has 0 aliphatic heterocycles. The van der Waals surface area contributed by atoms with Gasteiger partial charge >= 0.3 is 0 Å². The molecule has 0 unspecified atom stereocenters. The minimum atomic E-state index is -1.27. The van der Waals surface area contributed by atoms with E-state index in [1.807, 2.05) is 12.1 Å². The van der Waals surface area contributed by atoms with E-state index in [4.69, 9.17) is 4.42 Å². The van der Waals surface area contributed by atoms with Crippen LogP contribution < -0.4 is 0 Å². The largest absolute Gasteiger partial charge is 0.456 e. The third-order valence-corrected chi connectivity index (χ3v) is 2.08. The Bertz CT molecular complexity index is 374. The average molecular weight is 188 g/mol. The molecule has 1 rings (SSSR count). The topological polar surface area (TPSA) is 13.1 Å². The van der Waals surface area contributed by atoms with Gasteiger partial charge in [-0.05, 0) is 29.9 Å². The van der Waals surface area contributed by atoms with Gasteiger partial charge in [0.15, 0.2) is 5.76 Å². The second-order valence-electron chi connectivity index (χ2n) is 3.73. The summed E-state index contributed by atoms with van der Waals surface area (Å²) in [7, 11) is -1.27. The Hall–Kier alpha value is -1.38. The number of rotatable bonds is 0. The molecule has 0 radical (unpaired) electrons. The van der Waals surface area contributed by atoms with Crippen molar-refractivity contribution in [2.24, 2.45) is 0 Å². The highest BCUT2D eigenvalue weighted by atomic mass is 28.3. The minimum absolute atomic E-state index is 0.671. The molecule has 0 amide bonds. The van der Waals surface area contributed by atoms with Crippen molar-refractivity contribution >= 4 is 8.07 Å². The normalized spacial score (nSPS) is 9.46. The van der Waals surface area contributed by atoms with Crippen molar-refractivity contribution in [3.8, 4) is 23.3 Å². The van der Waals surface area contributed by atoms with Crippen molar-refractivity contribution in [2.75, 3.05) is 0 Å². The van der Waals surface area contributed by atoms with E-state index in [1.54, 1.807) is 6.26 Å². The van der Waals surface area contributed by atoms with Gasteiger partial charge < -0.3 is 4.42 Å². The maximum Gasteiger partial charge on any atom is 0.177 e.